The lowest BCUT2D eigenvalue weighted by molar-refractivity contribution is -0.138. The van der Waals surface area contributed by atoms with Gasteiger partial charge in [-0.2, -0.15) is 0 Å². The smallest absolute Gasteiger partial charge is 0.230 e. The van der Waals surface area contributed by atoms with E-state index in [9.17, 15) is 4.79 Å². The highest BCUT2D eigenvalue weighted by molar-refractivity contribution is 5.84. The molecule has 2 rings (SSSR count). The zero-order chi connectivity index (χ0) is 18.3. The normalized spacial score (nSPS) is 24.2. The molecule has 2 N–H and O–H groups in total. The third-order valence-corrected chi connectivity index (χ3v) is 5.58. The van der Waals surface area contributed by atoms with Crippen molar-refractivity contribution in [1.82, 2.24) is 20.4 Å². The molecule has 1 atom stereocenters. The molecule has 0 aromatic heterocycles. The first-order valence-electron chi connectivity index (χ1n) is 9.89. The Morgan fingerprint density at radius 1 is 1.24 bits per heavy atom. The molecular formula is C19H37N5O. The van der Waals surface area contributed by atoms with Gasteiger partial charge in [-0.25, -0.2) is 0 Å². The minimum absolute atomic E-state index is 0.235. The molecule has 0 spiro atoms. The predicted molar refractivity (Wildman–Crippen MR) is 104 cm³/mol. The number of nitrogens with zero attached hydrogens (tertiary/aromatic N) is 3. The third kappa shape index (κ3) is 5.59. The van der Waals surface area contributed by atoms with Crippen LogP contribution in [0.3, 0.4) is 0 Å². The Hall–Kier alpha value is -1.30. The van der Waals surface area contributed by atoms with Crippen molar-refractivity contribution in [3.05, 3.63) is 0 Å². The van der Waals surface area contributed by atoms with Crippen molar-refractivity contribution in [3.8, 4) is 0 Å². The highest BCUT2D eigenvalue weighted by Crippen LogP contribution is 2.39. The topological polar surface area (TPSA) is 60.0 Å². The standard InChI is InChI=1S/C19H37N5O/c1-5-20-18(21-13-16-9-8-12-24(4)14-16)22-15-19(10-6-7-11-19)17(25)23(2)3/h16H,5-15H2,1-4H3,(H2,20,21,22). The van der Waals surface area contributed by atoms with E-state index < -0.39 is 0 Å². The molecule has 0 aromatic carbocycles. The summed E-state index contributed by atoms with van der Waals surface area (Å²) in [6.07, 6.45) is 6.73. The van der Waals surface area contributed by atoms with Crippen molar-refractivity contribution in [2.45, 2.75) is 45.4 Å². The molecule has 1 unspecified atom stereocenters. The van der Waals surface area contributed by atoms with Crippen LogP contribution in [-0.4, -0.2) is 75.5 Å². The van der Waals surface area contributed by atoms with Crippen LogP contribution in [0.4, 0.5) is 0 Å². The first-order chi connectivity index (χ1) is 12.0. The predicted octanol–water partition coefficient (Wildman–Crippen LogP) is 1.53. The number of carbonyl (C=O) groups is 1. The lowest BCUT2D eigenvalue weighted by atomic mass is 9.85. The number of rotatable bonds is 6. The van der Waals surface area contributed by atoms with Crippen LogP contribution in [0.5, 0.6) is 0 Å². The second-order valence-electron chi connectivity index (χ2n) is 8.03. The minimum Gasteiger partial charge on any atom is -0.357 e. The van der Waals surface area contributed by atoms with Gasteiger partial charge in [0.2, 0.25) is 5.91 Å². The number of carbonyl (C=O) groups excluding carboxylic acids is 1. The van der Waals surface area contributed by atoms with Gasteiger partial charge in [0.1, 0.15) is 0 Å². The second kappa shape index (κ2) is 9.41. The SMILES string of the molecule is CCNC(=NCC1(C(=O)N(C)C)CCCC1)NCC1CCCN(C)C1. The molecule has 2 aliphatic rings. The summed E-state index contributed by atoms with van der Waals surface area (Å²) in [5.74, 6) is 1.76. The Labute approximate surface area is 153 Å². The quantitative estimate of drug-likeness (QED) is 0.563. The number of hydrogen-bond acceptors (Lipinski definition) is 3. The summed E-state index contributed by atoms with van der Waals surface area (Å²) < 4.78 is 0. The second-order valence-corrected chi connectivity index (χ2v) is 8.03. The van der Waals surface area contributed by atoms with Crippen molar-refractivity contribution in [2.75, 3.05) is 53.9 Å². The van der Waals surface area contributed by atoms with Crippen molar-refractivity contribution in [2.24, 2.45) is 16.3 Å². The first kappa shape index (κ1) is 20.0. The Kier molecular flexibility index (Phi) is 7.54. The highest BCUT2D eigenvalue weighted by Gasteiger charge is 2.42. The molecular weight excluding hydrogens is 314 g/mol. The Morgan fingerprint density at radius 3 is 2.56 bits per heavy atom. The van der Waals surface area contributed by atoms with Crippen molar-refractivity contribution >= 4 is 11.9 Å². The summed E-state index contributed by atoms with van der Waals surface area (Å²) in [5, 5.41) is 6.85. The lowest BCUT2D eigenvalue weighted by Crippen LogP contribution is -2.45. The summed E-state index contributed by atoms with van der Waals surface area (Å²) in [5.41, 5.74) is -0.295. The number of nitrogens with one attached hydrogen (secondary N) is 2. The molecule has 1 saturated carbocycles. The van der Waals surface area contributed by atoms with Crippen LogP contribution in [0, 0.1) is 11.3 Å². The maximum Gasteiger partial charge on any atom is 0.230 e. The van der Waals surface area contributed by atoms with Gasteiger partial charge in [-0.15, -0.1) is 0 Å². The van der Waals surface area contributed by atoms with Crippen molar-refractivity contribution in [3.63, 3.8) is 0 Å². The molecule has 1 saturated heterocycles. The zero-order valence-electron chi connectivity index (χ0n) is 16.6. The van der Waals surface area contributed by atoms with E-state index in [4.69, 9.17) is 4.99 Å². The number of guanidine groups is 1. The Bertz CT molecular complexity index is 457. The van der Waals surface area contributed by atoms with Gasteiger partial charge in [-0.1, -0.05) is 12.8 Å². The van der Waals surface area contributed by atoms with Gasteiger partial charge in [0.25, 0.3) is 0 Å². The van der Waals surface area contributed by atoms with Gasteiger partial charge in [-0.05, 0) is 52.1 Å². The van der Waals surface area contributed by atoms with E-state index >= 15 is 0 Å². The third-order valence-electron chi connectivity index (χ3n) is 5.58. The van der Waals surface area contributed by atoms with Gasteiger partial charge >= 0.3 is 0 Å². The number of amides is 1. The molecule has 1 aliphatic carbocycles. The van der Waals surface area contributed by atoms with Gasteiger partial charge < -0.3 is 20.4 Å². The van der Waals surface area contributed by atoms with Crippen LogP contribution < -0.4 is 10.6 Å². The maximum atomic E-state index is 12.7. The molecule has 1 aliphatic heterocycles. The molecule has 0 bridgehead atoms. The van der Waals surface area contributed by atoms with Crippen LogP contribution in [0.25, 0.3) is 0 Å². The lowest BCUT2D eigenvalue weighted by Gasteiger charge is -2.31. The monoisotopic (exact) mass is 351 g/mol. The van der Waals surface area contributed by atoms with E-state index in [-0.39, 0.29) is 11.3 Å². The van der Waals surface area contributed by atoms with E-state index in [0.717, 1.165) is 51.3 Å². The molecule has 0 aromatic rings. The fraction of sp³-hybridized carbons (Fsp3) is 0.895. The molecule has 6 heteroatoms. The van der Waals surface area contributed by atoms with Gasteiger partial charge in [-0.3, -0.25) is 9.79 Å². The van der Waals surface area contributed by atoms with Gasteiger partial charge in [0.05, 0.1) is 12.0 Å². The Morgan fingerprint density at radius 2 is 1.96 bits per heavy atom. The number of piperidine rings is 1. The molecule has 144 valence electrons. The number of likely N-dealkylation sites (tertiary alicyclic amines) is 1. The van der Waals surface area contributed by atoms with E-state index in [2.05, 4.69) is 29.5 Å². The summed E-state index contributed by atoms with van der Waals surface area (Å²) in [4.78, 5) is 21.6. The average molecular weight is 352 g/mol. The van der Waals surface area contributed by atoms with E-state index in [1.165, 1.54) is 19.4 Å². The van der Waals surface area contributed by atoms with E-state index in [1.54, 1.807) is 4.90 Å². The van der Waals surface area contributed by atoms with Crippen LogP contribution in [0.2, 0.25) is 0 Å². The summed E-state index contributed by atoms with van der Waals surface area (Å²) in [6.45, 7) is 6.82. The van der Waals surface area contributed by atoms with E-state index in [0.29, 0.717) is 12.5 Å². The molecule has 1 amide bonds. The summed E-state index contributed by atoms with van der Waals surface area (Å²) in [7, 11) is 5.91. The van der Waals surface area contributed by atoms with Crippen molar-refractivity contribution < 1.29 is 4.79 Å². The fourth-order valence-corrected chi connectivity index (χ4v) is 4.22. The molecule has 1 heterocycles. The molecule has 25 heavy (non-hydrogen) atoms. The van der Waals surface area contributed by atoms with Crippen LogP contribution >= 0.6 is 0 Å². The van der Waals surface area contributed by atoms with Crippen LogP contribution in [0.15, 0.2) is 4.99 Å². The van der Waals surface area contributed by atoms with Crippen LogP contribution in [0.1, 0.15) is 45.4 Å². The summed E-state index contributed by atoms with van der Waals surface area (Å²) >= 11 is 0. The molecule has 6 nitrogen and oxygen atoms in total. The first-order valence-corrected chi connectivity index (χ1v) is 9.89. The maximum absolute atomic E-state index is 12.7. The van der Waals surface area contributed by atoms with Gasteiger partial charge in [0.15, 0.2) is 5.96 Å². The molecule has 2 fully saturated rings. The minimum atomic E-state index is -0.295. The van der Waals surface area contributed by atoms with Gasteiger partial charge in [0, 0.05) is 33.7 Å². The van der Waals surface area contributed by atoms with Crippen molar-refractivity contribution in [1.29, 1.82) is 0 Å². The number of hydrogen-bond donors (Lipinski definition) is 2. The summed E-state index contributed by atoms with van der Waals surface area (Å²) in [6, 6.07) is 0. The number of aliphatic imine (C=N–C) groups is 1. The molecule has 0 radical (unpaired) electrons. The average Bonchev–Trinajstić information content (AvgIpc) is 3.06. The zero-order valence-corrected chi connectivity index (χ0v) is 16.6. The van der Waals surface area contributed by atoms with Crippen LogP contribution in [-0.2, 0) is 4.79 Å². The van der Waals surface area contributed by atoms with E-state index in [1.807, 2.05) is 14.1 Å². The Balaban J connectivity index is 1.96. The fourth-order valence-electron chi connectivity index (χ4n) is 4.22. The highest BCUT2D eigenvalue weighted by atomic mass is 16.2. The largest absolute Gasteiger partial charge is 0.357 e.